The fourth-order valence-electron chi connectivity index (χ4n) is 2.11. The number of hydrogen-bond acceptors (Lipinski definition) is 2. The van der Waals surface area contributed by atoms with Gasteiger partial charge in [0.2, 0.25) is 11.8 Å². The number of benzene rings is 1. The van der Waals surface area contributed by atoms with Gasteiger partial charge < -0.3 is 10.2 Å². The van der Waals surface area contributed by atoms with Crippen molar-refractivity contribution in [3.63, 3.8) is 0 Å². The van der Waals surface area contributed by atoms with Crippen molar-refractivity contribution >= 4 is 17.5 Å². The van der Waals surface area contributed by atoms with Crippen LogP contribution in [0, 0.1) is 0 Å². The van der Waals surface area contributed by atoms with Gasteiger partial charge in [-0.25, -0.2) is 0 Å². The smallest absolute Gasteiger partial charge is 0.236 e. The van der Waals surface area contributed by atoms with Crippen molar-refractivity contribution in [1.29, 1.82) is 0 Å². The van der Waals surface area contributed by atoms with Gasteiger partial charge in [-0.15, -0.1) is 0 Å². The highest BCUT2D eigenvalue weighted by atomic mass is 16.2. The number of anilines is 1. The van der Waals surface area contributed by atoms with Crippen LogP contribution < -0.4 is 10.2 Å². The molecule has 0 aromatic heterocycles. The number of carbonyl (C=O) groups is 2. The average Bonchev–Trinajstić information content (AvgIpc) is 2.48. The standard InChI is InChI=1S/C13H16N2O2.C2H6/c1-14-12(16)9-13(17)15-8-4-6-10-5-2-3-7-11(10)15;1-2/h2-3,5,7H,4,6,8-9H2,1H3,(H,14,16);1-2H3. The molecule has 1 aromatic carbocycles. The highest BCUT2D eigenvalue weighted by Crippen LogP contribution is 2.26. The van der Waals surface area contributed by atoms with Gasteiger partial charge in [-0.05, 0) is 24.5 Å². The molecule has 0 aliphatic carbocycles. The molecule has 1 aliphatic rings. The first-order valence-electron chi connectivity index (χ1n) is 6.81. The molecule has 4 heteroatoms. The average molecular weight is 262 g/mol. The van der Waals surface area contributed by atoms with Gasteiger partial charge in [-0.1, -0.05) is 32.0 Å². The number of fused-ring (bicyclic) bond motifs is 1. The second kappa shape index (κ2) is 7.56. The maximum absolute atomic E-state index is 12.0. The van der Waals surface area contributed by atoms with Gasteiger partial charge in [0.15, 0.2) is 0 Å². The Bertz CT molecular complexity index is 444. The molecule has 1 N–H and O–H groups in total. The summed E-state index contributed by atoms with van der Waals surface area (Å²) in [5, 5.41) is 2.47. The SMILES string of the molecule is CC.CNC(=O)CC(=O)N1CCCc2ccccc21. The molecule has 2 amide bonds. The number of rotatable bonds is 2. The minimum absolute atomic E-state index is 0.0785. The fourth-order valence-corrected chi connectivity index (χ4v) is 2.11. The number of amides is 2. The predicted octanol–water partition coefficient (Wildman–Crippen LogP) is 2.13. The Morgan fingerprint density at radius 1 is 1.26 bits per heavy atom. The molecule has 0 bridgehead atoms. The molecule has 0 saturated heterocycles. The van der Waals surface area contributed by atoms with E-state index in [9.17, 15) is 9.59 Å². The van der Waals surface area contributed by atoms with Gasteiger partial charge >= 0.3 is 0 Å². The lowest BCUT2D eigenvalue weighted by molar-refractivity contribution is -0.127. The molecule has 1 heterocycles. The molecule has 0 fully saturated rings. The van der Waals surface area contributed by atoms with E-state index in [1.165, 1.54) is 5.56 Å². The largest absolute Gasteiger partial charge is 0.359 e. The minimum atomic E-state index is -0.238. The zero-order valence-corrected chi connectivity index (χ0v) is 11.9. The number of nitrogens with one attached hydrogen (secondary N) is 1. The van der Waals surface area contributed by atoms with Crippen LogP contribution in [0.25, 0.3) is 0 Å². The van der Waals surface area contributed by atoms with Gasteiger partial charge in [0.1, 0.15) is 6.42 Å². The molecular formula is C15H22N2O2. The Morgan fingerprint density at radius 2 is 1.95 bits per heavy atom. The topological polar surface area (TPSA) is 49.4 Å². The number of hydrogen-bond donors (Lipinski definition) is 1. The van der Waals surface area contributed by atoms with Crippen molar-refractivity contribution in [1.82, 2.24) is 5.32 Å². The molecule has 104 valence electrons. The van der Waals surface area contributed by atoms with Crippen LogP contribution in [0.3, 0.4) is 0 Å². The van der Waals surface area contributed by atoms with Crippen molar-refractivity contribution in [3.05, 3.63) is 29.8 Å². The predicted molar refractivity (Wildman–Crippen MR) is 77.1 cm³/mol. The van der Waals surface area contributed by atoms with Crippen molar-refractivity contribution in [2.45, 2.75) is 33.1 Å². The van der Waals surface area contributed by atoms with E-state index in [0.717, 1.165) is 18.5 Å². The Kier molecular flexibility index (Phi) is 6.06. The third-order valence-electron chi connectivity index (χ3n) is 3.00. The summed E-state index contributed by atoms with van der Waals surface area (Å²) in [7, 11) is 1.54. The summed E-state index contributed by atoms with van der Waals surface area (Å²) in [6, 6.07) is 7.88. The zero-order valence-electron chi connectivity index (χ0n) is 11.9. The minimum Gasteiger partial charge on any atom is -0.359 e. The molecule has 0 radical (unpaired) electrons. The van der Waals surface area contributed by atoms with E-state index in [1.54, 1.807) is 11.9 Å². The maximum Gasteiger partial charge on any atom is 0.236 e. The third kappa shape index (κ3) is 3.81. The molecule has 0 spiro atoms. The van der Waals surface area contributed by atoms with E-state index in [2.05, 4.69) is 5.32 Å². The molecule has 0 atom stereocenters. The summed E-state index contributed by atoms with van der Waals surface area (Å²) in [6.45, 7) is 4.70. The van der Waals surface area contributed by atoms with Crippen LogP contribution in [0.4, 0.5) is 5.69 Å². The van der Waals surface area contributed by atoms with Gasteiger partial charge in [0, 0.05) is 19.3 Å². The van der Waals surface area contributed by atoms with E-state index in [1.807, 2.05) is 38.1 Å². The molecule has 0 saturated carbocycles. The quantitative estimate of drug-likeness (QED) is 0.830. The lowest BCUT2D eigenvalue weighted by Crippen LogP contribution is -2.38. The van der Waals surface area contributed by atoms with Crippen molar-refractivity contribution in [3.8, 4) is 0 Å². The highest BCUT2D eigenvalue weighted by molar-refractivity contribution is 6.05. The van der Waals surface area contributed by atoms with Gasteiger partial charge in [-0.2, -0.15) is 0 Å². The first-order chi connectivity index (χ1) is 9.22. The second-order valence-electron chi connectivity index (χ2n) is 4.13. The van der Waals surface area contributed by atoms with Crippen LogP contribution in [0.1, 0.15) is 32.3 Å². The van der Waals surface area contributed by atoms with Crippen LogP contribution in [0.5, 0.6) is 0 Å². The summed E-state index contributed by atoms with van der Waals surface area (Å²) >= 11 is 0. The third-order valence-corrected chi connectivity index (χ3v) is 3.00. The first-order valence-corrected chi connectivity index (χ1v) is 6.81. The van der Waals surface area contributed by atoms with Crippen LogP contribution >= 0.6 is 0 Å². The van der Waals surface area contributed by atoms with Crippen molar-refractivity contribution in [2.75, 3.05) is 18.5 Å². The second-order valence-corrected chi connectivity index (χ2v) is 4.13. The Hall–Kier alpha value is -1.84. The molecule has 0 unspecified atom stereocenters. The molecule has 4 nitrogen and oxygen atoms in total. The van der Waals surface area contributed by atoms with Crippen LogP contribution in [0.2, 0.25) is 0 Å². The summed E-state index contributed by atoms with van der Waals surface area (Å²) in [5.74, 6) is -0.366. The van der Waals surface area contributed by atoms with Gasteiger partial charge in [-0.3, -0.25) is 9.59 Å². The zero-order chi connectivity index (χ0) is 14.3. The van der Waals surface area contributed by atoms with Crippen LogP contribution in [-0.2, 0) is 16.0 Å². The summed E-state index contributed by atoms with van der Waals surface area (Å²) in [4.78, 5) is 24.9. The van der Waals surface area contributed by atoms with Crippen molar-refractivity contribution in [2.24, 2.45) is 0 Å². The van der Waals surface area contributed by atoms with Crippen LogP contribution in [-0.4, -0.2) is 25.4 Å². The number of aryl methyl sites for hydroxylation is 1. The first kappa shape index (κ1) is 15.2. The van der Waals surface area contributed by atoms with E-state index >= 15 is 0 Å². The fraction of sp³-hybridized carbons (Fsp3) is 0.467. The van der Waals surface area contributed by atoms with Gasteiger partial charge in [0.05, 0.1) is 0 Å². The Morgan fingerprint density at radius 3 is 2.63 bits per heavy atom. The van der Waals surface area contributed by atoms with E-state index < -0.39 is 0 Å². The summed E-state index contributed by atoms with van der Waals surface area (Å²) < 4.78 is 0. The molecule has 1 aromatic rings. The van der Waals surface area contributed by atoms with E-state index in [4.69, 9.17) is 0 Å². The molecule has 2 rings (SSSR count). The molecular weight excluding hydrogens is 240 g/mol. The molecule has 1 aliphatic heterocycles. The Labute approximate surface area is 114 Å². The highest BCUT2D eigenvalue weighted by Gasteiger charge is 2.23. The van der Waals surface area contributed by atoms with E-state index in [-0.39, 0.29) is 18.2 Å². The normalized spacial score (nSPS) is 12.9. The lowest BCUT2D eigenvalue weighted by Gasteiger charge is -2.29. The summed E-state index contributed by atoms with van der Waals surface area (Å²) in [5.41, 5.74) is 2.14. The van der Waals surface area contributed by atoms with Gasteiger partial charge in [0.25, 0.3) is 0 Å². The molecule has 19 heavy (non-hydrogen) atoms. The monoisotopic (exact) mass is 262 g/mol. The van der Waals surface area contributed by atoms with Crippen LogP contribution in [0.15, 0.2) is 24.3 Å². The Balaban J connectivity index is 0.000000861. The summed E-state index contributed by atoms with van der Waals surface area (Å²) in [6.07, 6.45) is 1.88. The number of carbonyl (C=O) groups excluding carboxylic acids is 2. The maximum atomic E-state index is 12.0. The lowest BCUT2D eigenvalue weighted by atomic mass is 10.0. The number of para-hydroxylation sites is 1. The van der Waals surface area contributed by atoms with E-state index in [0.29, 0.717) is 6.54 Å². The number of nitrogens with zero attached hydrogens (tertiary/aromatic N) is 1. The van der Waals surface area contributed by atoms with Crippen molar-refractivity contribution < 1.29 is 9.59 Å².